The molecule has 0 spiro atoms. The van der Waals surface area contributed by atoms with Crippen LogP contribution in [0.4, 0.5) is 0 Å². The Labute approximate surface area is 529 Å². The van der Waals surface area contributed by atoms with Gasteiger partial charge >= 0.3 is 0 Å². The zero-order valence-electron chi connectivity index (χ0n) is 49.8. The monoisotopic (exact) mass is 1300 g/mol. The van der Waals surface area contributed by atoms with E-state index in [0.717, 1.165) is 34.0 Å². The summed E-state index contributed by atoms with van der Waals surface area (Å²) in [7, 11) is 19.6. The molecule has 466 valence electrons. The number of aromatic nitrogens is 5. The van der Waals surface area contributed by atoms with Crippen LogP contribution in [0.25, 0.3) is 0 Å². The largest absolute Gasteiger partial charge is 0.370 e. The summed E-state index contributed by atoms with van der Waals surface area (Å²) in [4.78, 5) is 74.3. The molecule has 1 aliphatic heterocycles. The van der Waals surface area contributed by atoms with Gasteiger partial charge in [0.2, 0.25) is 18.3 Å². The number of nitro groups is 3. The average Bonchev–Trinajstić information content (AvgIpc) is 2.54. The third-order valence-corrected chi connectivity index (χ3v) is 12.2. The lowest BCUT2D eigenvalue weighted by molar-refractivity contribution is -0.486. The van der Waals surface area contributed by atoms with Crippen molar-refractivity contribution in [3.05, 3.63) is 188 Å². The molecule has 35 heteroatoms. The van der Waals surface area contributed by atoms with E-state index in [2.05, 4.69) is 50.4 Å². The van der Waals surface area contributed by atoms with Crippen LogP contribution in [0.5, 0.6) is 0 Å². The molecule has 0 unspecified atom stereocenters. The Morgan fingerprint density at radius 2 is 0.966 bits per heavy atom. The quantitative estimate of drug-likeness (QED) is 0.0269. The van der Waals surface area contributed by atoms with E-state index in [9.17, 15) is 30.3 Å². The Bertz CT molecular complexity index is 3200. The number of nitriles is 2. The number of rotatable bonds is 15. The molecule has 1 aliphatic rings. The van der Waals surface area contributed by atoms with Crippen molar-refractivity contribution in [1.82, 2.24) is 74.3 Å². The van der Waals surface area contributed by atoms with Crippen molar-refractivity contribution in [2.45, 2.75) is 39.6 Å². The maximum atomic E-state index is 10.7. The van der Waals surface area contributed by atoms with Crippen LogP contribution in [-0.4, -0.2) is 199 Å². The second-order valence-electron chi connectivity index (χ2n) is 18.8. The van der Waals surface area contributed by atoms with Crippen molar-refractivity contribution in [2.75, 3.05) is 90.9 Å². The number of hydrogen-bond acceptors (Lipinski definition) is 18. The van der Waals surface area contributed by atoms with E-state index in [4.69, 9.17) is 68.5 Å². The van der Waals surface area contributed by atoms with Gasteiger partial charge in [-0.25, -0.2) is 45.1 Å². The fourth-order valence-electron chi connectivity index (χ4n) is 7.32. The first kappa shape index (κ1) is 74.1. The van der Waals surface area contributed by atoms with Gasteiger partial charge in [0.15, 0.2) is 15.9 Å². The highest BCUT2D eigenvalue weighted by atomic mass is 35.5. The second-order valence-corrected chi connectivity index (χ2v) is 20.7. The topological polar surface area (TPSA) is 332 Å². The summed E-state index contributed by atoms with van der Waals surface area (Å²) in [6.45, 7) is 5.63. The molecule has 6 heterocycles. The molecule has 1 N–H and O–H groups in total. The average molecular weight is 1300 g/mol. The predicted molar refractivity (Wildman–Crippen MR) is 335 cm³/mol. The fourth-order valence-corrected chi connectivity index (χ4v) is 7.88. The Balaban J connectivity index is 0.000000372. The molecular formula is C52H67Cl5N24O6. The standard InChI is InChI=1S/C11H15ClN6O2.C11H14ClN5.C10H14ClN5O2.C10H13ClN4O2.C10H11ClN4/c1-15-7-16(2)11(14-18(19)20)17(8-15)6-9-3-4-10(12)13-5-9;1-16(2)11(15-8-13)17(3)7-9-4-5-10(12)14-6-9;1-14(2)10(13-16(17)18)15(3)7-8-4-5-9(11)12-6-8;1-12-10(7-15(16)17)14(2)6-8-3-4-9(11)13-5-8;1-8(14-7-12)15(2)6-9-3-4-10(11)13-5-9/h3-5H,6-8H2,1-2H3;4-6H,7H2,1-3H3;4-6H,7H2,1-3H3;3-5,7,12H,6H2,1-2H3;3-5H,6H2,1-2H3/b14-11+;;13-10+;10-7+;. The van der Waals surface area contributed by atoms with Crippen molar-refractivity contribution in [1.29, 1.82) is 10.5 Å². The van der Waals surface area contributed by atoms with Crippen molar-refractivity contribution in [2.24, 2.45) is 20.2 Å². The van der Waals surface area contributed by atoms with Gasteiger partial charge in [0.1, 0.15) is 41.8 Å². The van der Waals surface area contributed by atoms with Gasteiger partial charge in [-0.3, -0.25) is 15.0 Å². The molecule has 0 aliphatic carbocycles. The first-order valence-electron chi connectivity index (χ1n) is 25.3. The zero-order valence-corrected chi connectivity index (χ0v) is 53.6. The summed E-state index contributed by atoms with van der Waals surface area (Å²) >= 11 is 28.5. The van der Waals surface area contributed by atoms with E-state index in [0.29, 0.717) is 95.4 Å². The summed E-state index contributed by atoms with van der Waals surface area (Å²) in [6.07, 6.45) is 12.8. The lowest BCUT2D eigenvalue weighted by Gasteiger charge is -2.40. The summed E-state index contributed by atoms with van der Waals surface area (Å²) in [5.41, 5.74) is 4.74. The minimum absolute atomic E-state index is 0.259. The lowest BCUT2D eigenvalue weighted by atomic mass is 10.2. The van der Waals surface area contributed by atoms with Gasteiger partial charge in [-0.15, -0.1) is 4.99 Å². The van der Waals surface area contributed by atoms with E-state index < -0.39 is 15.0 Å². The molecule has 87 heavy (non-hydrogen) atoms. The Kier molecular flexibility index (Phi) is 33.0. The van der Waals surface area contributed by atoms with Gasteiger partial charge in [-0.05, 0) is 72.1 Å². The maximum Gasteiger partial charge on any atom is 0.276 e. The third-order valence-electron chi connectivity index (χ3n) is 11.1. The van der Waals surface area contributed by atoms with Crippen LogP contribution >= 0.6 is 58.0 Å². The highest BCUT2D eigenvalue weighted by Gasteiger charge is 2.27. The van der Waals surface area contributed by atoms with Gasteiger partial charge in [0, 0.05) is 134 Å². The molecule has 0 aromatic carbocycles. The summed E-state index contributed by atoms with van der Waals surface area (Å²) in [6, 6.07) is 17.8. The van der Waals surface area contributed by atoms with Crippen molar-refractivity contribution < 1.29 is 15.0 Å². The van der Waals surface area contributed by atoms with Crippen molar-refractivity contribution in [3.63, 3.8) is 0 Å². The third kappa shape index (κ3) is 29.6. The van der Waals surface area contributed by atoms with Crippen molar-refractivity contribution in [3.8, 4) is 12.4 Å². The second kappa shape index (κ2) is 38.8. The van der Waals surface area contributed by atoms with Crippen LogP contribution in [0.15, 0.2) is 124 Å². The van der Waals surface area contributed by atoms with E-state index in [1.807, 2.05) is 85.2 Å². The highest BCUT2D eigenvalue weighted by Crippen LogP contribution is 2.16. The number of halogens is 5. The first-order valence-corrected chi connectivity index (χ1v) is 27.2. The number of hydrogen-bond donors (Lipinski definition) is 1. The van der Waals surface area contributed by atoms with Gasteiger partial charge < -0.3 is 44.5 Å². The molecule has 0 saturated carbocycles. The fraction of sp³-hybridized carbons (Fsp3) is 0.365. The summed E-state index contributed by atoms with van der Waals surface area (Å²) < 4.78 is 0. The molecule has 6 rings (SSSR count). The van der Waals surface area contributed by atoms with Crippen LogP contribution in [0.3, 0.4) is 0 Å². The van der Waals surface area contributed by atoms with E-state index in [-0.39, 0.29) is 5.96 Å². The Morgan fingerprint density at radius 3 is 1.30 bits per heavy atom. The zero-order chi connectivity index (χ0) is 65.3. The van der Waals surface area contributed by atoms with Crippen LogP contribution in [0, 0.1) is 53.3 Å². The van der Waals surface area contributed by atoms with Gasteiger partial charge in [0.05, 0.1) is 18.3 Å². The van der Waals surface area contributed by atoms with Gasteiger partial charge in [-0.2, -0.15) is 15.5 Å². The SMILES string of the molecule is CC(=NC#N)N(C)Cc1ccc(Cl)nc1.CN(C)/C(=N\[N+](=O)[O-])N(C)Cc1ccc(Cl)nc1.CN(C)C(=NC#N)N(C)Cc1ccc(Cl)nc1.CN/C(=C\[N+](=O)[O-])N(C)Cc1ccc(Cl)nc1.CN1CN(C)/C(=N\[N+](=O)[O-])N(Cc2ccc(Cl)nc2)C1. The van der Waals surface area contributed by atoms with Crippen LogP contribution < -0.4 is 5.32 Å². The van der Waals surface area contributed by atoms with Crippen LogP contribution in [0.2, 0.25) is 25.8 Å². The Hall–Kier alpha value is -9.04. The minimum atomic E-state index is -0.716. The van der Waals surface area contributed by atoms with Gasteiger partial charge in [0.25, 0.3) is 18.1 Å². The highest BCUT2D eigenvalue weighted by molar-refractivity contribution is 6.30. The maximum absolute atomic E-state index is 10.7. The molecule has 5 aromatic heterocycles. The predicted octanol–water partition coefficient (Wildman–Crippen LogP) is 7.25. The summed E-state index contributed by atoms with van der Waals surface area (Å²) in [5.74, 6) is 2.29. The van der Waals surface area contributed by atoms with Crippen LogP contribution in [0.1, 0.15) is 34.7 Å². The van der Waals surface area contributed by atoms with Gasteiger partial charge in [-0.1, -0.05) is 88.3 Å². The molecule has 0 radical (unpaired) electrons. The van der Waals surface area contributed by atoms with Crippen LogP contribution in [-0.2, 0) is 32.7 Å². The molecule has 0 amide bonds. The number of guanidine groups is 3. The van der Waals surface area contributed by atoms with E-state index >= 15 is 0 Å². The van der Waals surface area contributed by atoms with E-state index in [1.54, 1.807) is 147 Å². The number of nitrogens with one attached hydrogen (secondary N) is 1. The van der Waals surface area contributed by atoms with E-state index in [1.165, 1.54) is 0 Å². The first-order chi connectivity index (χ1) is 41.0. The number of nitrogens with zero attached hydrogens (tertiary/aromatic N) is 23. The number of pyridine rings is 5. The number of amidine groups is 1. The molecule has 0 atom stereocenters. The number of aliphatic imine (C=N–C) groups is 2. The Morgan fingerprint density at radius 1 is 0.586 bits per heavy atom. The lowest BCUT2D eigenvalue weighted by Crippen LogP contribution is -2.56. The molecule has 0 bridgehead atoms. The normalized spacial score (nSPS) is 12.8. The smallest absolute Gasteiger partial charge is 0.276 e. The molecule has 30 nitrogen and oxygen atoms in total. The molecular weight excluding hydrogens is 1230 g/mol. The number of hydrazone groups is 2. The van der Waals surface area contributed by atoms with Crippen molar-refractivity contribution >= 4 is 81.7 Å². The summed E-state index contributed by atoms with van der Waals surface area (Å²) in [5, 5.41) is 58.9. The molecule has 1 fully saturated rings. The molecule has 1 saturated heterocycles. The molecule has 5 aromatic rings. The minimum Gasteiger partial charge on any atom is -0.370 e.